The Morgan fingerprint density at radius 1 is 1.47 bits per heavy atom. The van der Waals surface area contributed by atoms with Gasteiger partial charge in [0.15, 0.2) is 0 Å². The Kier molecular flexibility index (Phi) is 3.12. The molecular weight excluding hydrogens is 210 g/mol. The molecule has 2 unspecified atom stereocenters. The third-order valence-corrected chi connectivity index (χ3v) is 3.10. The van der Waals surface area contributed by atoms with Crippen LogP contribution in [0.3, 0.4) is 0 Å². The van der Waals surface area contributed by atoms with Gasteiger partial charge in [-0.25, -0.2) is 4.98 Å². The molecule has 1 aliphatic rings. The molecule has 0 radical (unpaired) electrons. The number of nitrogens with two attached hydrogens (primary N) is 1. The van der Waals surface area contributed by atoms with Gasteiger partial charge < -0.3 is 11.1 Å². The molecule has 1 aromatic rings. The second kappa shape index (κ2) is 4.37. The molecule has 1 saturated carbocycles. The molecule has 0 amide bonds. The molecule has 2 rings (SSSR count). The van der Waals surface area contributed by atoms with Crippen LogP contribution in [0.2, 0.25) is 5.15 Å². The molecule has 0 aliphatic heterocycles. The lowest BCUT2D eigenvalue weighted by molar-refractivity contribution is 0.687. The Morgan fingerprint density at radius 2 is 2.27 bits per heavy atom. The molecule has 0 bridgehead atoms. The summed E-state index contributed by atoms with van der Waals surface area (Å²) in [7, 11) is 0. The van der Waals surface area contributed by atoms with E-state index < -0.39 is 0 Å². The summed E-state index contributed by atoms with van der Waals surface area (Å²) in [6, 6.07) is 4.63. The first kappa shape index (κ1) is 10.7. The maximum Gasteiger partial charge on any atom is 0.129 e. The van der Waals surface area contributed by atoms with Gasteiger partial charge in [-0.2, -0.15) is 0 Å². The predicted molar refractivity (Wildman–Crippen MR) is 63.2 cm³/mol. The molecule has 82 valence electrons. The second-order valence-electron chi connectivity index (χ2n) is 4.18. The normalized spacial score (nSPS) is 25.5. The van der Waals surface area contributed by atoms with E-state index in [4.69, 9.17) is 17.3 Å². The van der Waals surface area contributed by atoms with Crippen LogP contribution in [0.1, 0.15) is 25.0 Å². The summed E-state index contributed by atoms with van der Waals surface area (Å²) in [5.74, 6) is 0. The number of anilines is 1. The number of halogens is 1. The smallest absolute Gasteiger partial charge is 0.129 e. The van der Waals surface area contributed by atoms with Crippen molar-refractivity contribution in [3.63, 3.8) is 0 Å². The SMILES string of the molecule is Cc1nc(Cl)ccc1NC1CCC(N)C1. The fourth-order valence-corrected chi connectivity index (χ4v) is 2.24. The topological polar surface area (TPSA) is 50.9 Å². The van der Waals surface area contributed by atoms with E-state index in [0.29, 0.717) is 17.2 Å². The number of aryl methyl sites for hydroxylation is 1. The third kappa shape index (κ3) is 2.61. The number of aromatic nitrogens is 1. The number of nitrogens with zero attached hydrogens (tertiary/aromatic N) is 1. The zero-order chi connectivity index (χ0) is 10.8. The Balaban J connectivity index is 2.04. The van der Waals surface area contributed by atoms with Gasteiger partial charge in [0.05, 0.1) is 11.4 Å². The predicted octanol–water partition coefficient (Wildman–Crippen LogP) is 2.34. The molecule has 0 spiro atoms. The lowest BCUT2D eigenvalue weighted by Gasteiger charge is -2.15. The van der Waals surface area contributed by atoms with Gasteiger partial charge in [0.25, 0.3) is 0 Å². The summed E-state index contributed by atoms with van der Waals surface area (Å²) < 4.78 is 0. The fourth-order valence-electron chi connectivity index (χ4n) is 2.05. The van der Waals surface area contributed by atoms with Crippen LogP contribution in [0.25, 0.3) is 0 Å². The molecule has 2 atom stereocenters. The maximum atomic E-state index is 5.86. The molecule has 0 aromatic carbocycles. The van der Waals surface area contributed by atoms with E-state index in [-0.39, 0.29) is 0 Å². The maximum absolute atomic E-state index is 5.86. The van der Waals surface area contributed by atoms with Crippen molar-refractivity contribution < 1.29 is 0 Å². The minimum Gasteiger partial charge on any atom is -0.381 e. The van der Waals surface area contributed by atoms with Gasteiger partial charge in [0.1, 0.15) is 5.15 Å². The van der Waals surface area contributed by atoms with Gasteiger partial charge >= 0.3 is 0 Å². The van der Waals surface area contributed by atoms with Crippen molar-refractivity contribution >= 4 is 17.3 Å². The van der Waals surface area contributed by atoms with E-state index >= 15 is 0 Å². The third-order valence-electron chi connectivity index (χ3n) is 2.88. The number of nitrogens with one attached hydrogen (secondary N) is 1. The highest BCUT2D eigenvalue weighted by atomic mass is 35.5. The van der Waals surface area contributed by atoms with E-state index in [1.165, 1.54) is 0 Å². The van der Waals surface area contributed by atoms with E-state index in [2.05, 4.69) is 10.3 Å². The van der Waals surface area contributed by atoms with E-state index in [1.54, 1.807) is 0 Å². The number of rotatable bonds is 2. The van der Waals surface area contributed by atoms with Gasteiger partial charge in [0, 0.05) is 12.1 Å². The Labute approximate surface area is 95.0 Å². The minimum atomic E-state index is 0.350. The highest BCUT2D eigenvalue weighted by Gasteiger charge is 2.21. The summed E-state index contributed by atoms with van der Waals surface area (Å²) in [6.45, 7) is 1.96. The van der Waals surface area contributed by atoms with Crippen LogP contribution in [0, 0.1) is 6.92 Å². The molecule has 3 nitrogen and oxygen atoms in total. The van der Waals surface area contributed by atoms with Gasteiger partial charge in [-0.05, 0) is 38.3 Å². The van der Waals surface area contributed by atoms with Gasteiger partial charge in [-0.15, -0.1) is 0 Å². The number of hydrogen-bond donors (Lipinski definition) is 2. The zero-order valence-electron chi connectivity index (χ0n) is 8.83. The minimum absolute atomic E-state index is 0.350. The molecular formula is C11H16ClN3. The lowest BCUT2D eigenvalue weighted by atomic mass is 10.2. The molecule has 3 N–H and O–H groups in total. The van der Waals surface area contributed by atoms with Gasteiger partial charge in [0.2, 0.25) is 0 Å². The highest BCUT2D eigenvalue weighted by molar-refractivity contribution is 6.29. The molecule has 1 aliphatic carbocycles. The van der Waals surface area contributed by atoms with Crippen molar-refractivity contribution in [2.75, 3.05) is 5.32 Å². The Bertz CT molecular complexity index is 354. The summed E-state index contributed by atoms with van der Waals surface area (Å²) in [5, 5.41) is 4.01. The van der Waals surface area contributed by atoms with Gasteiger partial charge in [-0.1, -0.05) is 11.6 Å². The van der Waals surface area contributed by atoms with Crippen LogP contribution in [0.4, 0.5) is 5.69 Å². The summed E-state index contributed by atoms with van der Waals surface area (Å²) in [6.07, 6.45) is 3.29. The zero-order valence-corrected chi connectivity index (χ0v) is 9.59. The molecule has 15 heavy (non-hydrogen) atoms. The van der Waals surface area contributed by atoms with Crippen LogP contribution in [-0.2, 0) is 0 Å². The van der Waals surface area contributed by atoms with Crippen molar-refractivity contribution in [3.8, 4) is 0 Å². The standard InChI is InChI=1S/C11H16ClN3/c1-7-10(4-5-11(12)14-7)15-9-3-2-8(13)6-9/h4-5,8-9,15H,2-3,6,13H2,1H3. The highest BCUT2D eigenvalue weighted by Crippen LogP contribution is 2.23. The first-order valence-corrected chi connectivity index (χ1v) is 5.68. The van der Waals surface area contributed by atoms with Crippen molar-refractivity contribution in [2.45, 2.75) is 38.3 Å². The molecule has 1 aromatic heterocycles. The monoisotopic (exact) mass is 225 g/mol. The Morgan fingerprint density at radius 3 is 2.87 bits per heavy atom. The quantitative estimate of drug-likeness (QED) is 0.760. The van der Waals surface area contributed by atoms with Crippen molar-refractivity contribution in [1.29, 1.82) is 0 Å². The Hall–Kier alpha value is -0.800. The second-order valence-corrected chi connectivity index (χ2v) is 4.57. The average molecular weight is 226 g/mol. The van der Waals surface area contributed by atoms with Crippen LogP contribution >= 0.6 is 11.6 Å². The first-order chi connectivity index (χ1) is 7.15. The lowest BCUT2D eigenvalue weighted by Crippen LogP contribution is -2.21. The summed E-state index contributed by atoms with van der Waals surface area (Å²) in [5.41, 5.74) is 7.88. The average Bonchev–Trinajstić information content (AvgIpc) is 2.56. The van der Waals surface area contributed by atoms with Crippen molar-refractivity contribution in [1.82, 2.24) is 4.98 Å². The van der Waals surface area contributed by atoms with E-state index in [9.17, 15) is 0 Å². The molecule has 0 saturated heterocycles. The van der Waals surface area contributed by atoms with Crippen molar-refractivity contribution in [3.05, 3.63) is 23.0 Å². The first-order valence-electron chi connectivity index (χ1n) is 5.30. The van der Waals surface area contributed by atoms with Crippen LogP contribution in [0.5, 0.6) is 0 Å². The molecule has 1 heterocycles. The number of hydrogen-bond acceptors (Lipinski definition) is 3. The van der Waals surface area contributed by atoms with E-state index in [0.717, 1.165) is 30.6 Å². The summed E-state index contributed by atoms with van der Waals surface area (Å²) in [4.78, 5) is 4.21. The number of pyridine rings is 1. The fraction of sp³-hybridized carbons (Fsp3) is 0.545. The molecule has 1 fully saturated rings. The van der Waals surface area contributed by atoms with Crippen molar-refractivity contribution in [2.24, 2.45) is 5.73 Å². The largest absolute Gasteiger partial charge is 0.381 e. The van der Waals surface area contributed by atoms with Crippen LogP contribution in [-0.4, -0.2) is 17.1 Å². The summed E-state index contributed by atoms with van der Waals surface area (Å²) >= 11 is 5.80. The van der Waals surface area contributed by atoms with Crippen LogP contribution in [0.15, 0.2) is 12.1 Å². The van der Waals surface area contributed by atoms with E-state index in [1.807, 2.05) is 19.1 Å². The molecule has 4 heteroatoms. The van der Waals surface area contributed by atoms with Gasteiger partial charge in [-0.3, -0.25) is 0 Å². The van der Waals surface area contributed by atoms with Crippen LogP contribution < -0.4 is 11.1 Å².